The van der Waals surface area contributed by atoms with Crippen LogP contribution in [0.2, 0.25) is 0 Å². The van der Waals surface area contributed by atoms with Crippen LogP contribution >= 0.6 is 0 Å². The Bertz CT molecular complexity index is 1330. The second kappa shape index (κ2) is 14.2. The fraction of sp³-hybridized carbons (Fsp3) is 0.550. The average Bonchev–Trinajstić information content (AvgIpc) is 2.92. The summed E-state index contributed by atoms with van der Waals surface area (Å²) in [6.07, 6.45) is 9.29. The van der Waals surface area contributed by atoms with E-state index in [1.807, 2.05) is 26.0 Å². The van der Waals surface area contributed by atoms with Gasteiger partial charge in [0, 0.05) is 0 Å². The molecule has 3 nitrogen and oxygen atoms in total. The molecule has 0 heterocycles. The minimum atomic E-state index is -0.561. The number of ether oxygens (including phenoxy) is 2. The fourth-order valence-corrected chi connectivity index (χ4v) is 6.22. The first-order valence-corrected chi connectivity index (χ1v) is 16.5. The SMILES string of the molecule is CCCCCCCCC(C)c1cc(C)c(OC(C)(C)c2cc(C)c(OC(C)(C)c3cc(C)c(O)c(C)c3)c(C)c2)c(C)c1. The number of rotatable bonds is 14. The van der Waals surface area contributed by atoms with Gasteiger partial charge in [0.1, 0.15) is 28.5 Å². The predicted octanol–water partition coefficient (Wildman–Crippen LogP) is 11.7. The van der Waals surface area contributed by atoms with Crippen LogP contribution in [0.1, 0.15) is 142 Å². The van der Waals surface area contributed by atoms with Crippen LogP contribution in [0.25, 0.3) is 0 Å². The zero-order chi connectivity index (χ0) is 32.1. The molecule has 236 valence electrons. The van der Waals surface area contributed by atoms with Crippen molar-refractivity contribution in [3.05, 3.63) is 86.5 Å². The molecule has 43 heavy (non-hydrogen) atoms. The van der Waals surface area contributed by atoms with Gasteiger partial charge in [-0.15, -0.1) is 0 Å². The zero-order valence-electron chi connectivity index (χ0n) is 29.3. The van der Waals surface area contributed by atoms with Crippen molar-refractivity contribution >= 4 is 0 Å². The summed E-state index contributed by atoms with van der Waals surface area (Å²) in [4.78, 5) is 0. The molecule has 1 unspecified atom stereocenters. The average molecular weight is 587 g/mol. The molecule has 1 N–H and O–H groups in total. The van der Waals surface area contributed by atoms with E-state index in [-0.39, 0.29) is 0 Å². The summed E-state index contributed by atoms with van der Waals surface area (Å²) in [5.74, 6) is 2.78. The monoisotopic (exact) mass is 586 g/mol. The number of benzene rings is 3. The lowest BCUT2D eigenvalue weighted by atomic mass is 9.90. The summed E-state index contributed by atoms with van der Waals surface area (Å²) in [7, 11) is 0. The van der Waals surface area contributed by atoms with Crippen LogP contribution in [0.5, 0.6) is 17.2 Å². The minimum Gasteiger partial charge on any atom is -0.507 e. The molecule has 0 spiro atoms. The van der Waals surface area contributed by atoms with Gasteiger partial charge >= 0.3 is 0 Å². The van der Waals surface area contributed by atoms with Gasteiger partial charge in [0.15, 0.2) is 0 Å². The molecule has 3 heteroatoms. The standard InChI is InChI=1S/C40H58O3/c1-13-14-15-16-17-18-19-26(2)33-20-29(5)37(30(6)21-33)42-40(11,12)35-24-31(7)38(32(8)25-35)43-39(9,10)34-22-27(3)36(41)28(4)23-34/h20-26,41H,13-19H2,1-12H3. The third-order valence-electron chi connectivity index (χ3n) is 9.10. The number of aryl methyl sites for hydroxylation is 6. The highest BCUT2D eigenvalue weighted by Gasteiger charge is 2.29. The smallest absolute Gasteiger partial charge is 0.128 e. The lowest BCUT2D eigenvalue weighted by Gasteiger charge is -2.32. The van der Waals surface area contributed by atoms with Crippen LogP contribution in [-0.4, -0.2) is 5.11 Å². The molecule has 0 aliphatic rings. The van der Waals surface area contributed by atoms with Crippen molar-refractivity contribution in [3.63, 3.8) is 0 Å². The van der Waals surface area contributed by atoms with Crippen molar-refractivity contribution in [1.29, 1.82) is 0 Å². The summed E-state index contributed by atoms with van der Waals surface area (Å²) < 4.78 is 13.5. The third kappa shape index (κ3) is 8.58. The quantitative estimate of drug-likeness (QED) is 0.191. The molecule has 0 radical (unpaired) electrons. The molecular weight excluding hydrogens is 528 g/mol. The second-order valence-electron chi connectivity index (χ2n) is 14.1. The van der Waals surface area contributed by atoms with E-state index in [9.17, 15) is 5.11 Å². The Morgan fingerprint density at radius 2 is 0.953 bits per heavy atom. The summed E-state index contributed by atoms with van der Waals surface area (Å²) in [5.41, 5.74) is 8.80. The molecule has 0 fully saturated rings. The van der Waals surface area contributed by atoms with Gasteiger partial charge in [-0.3, -0.25) is 0 Å². The number of hydrogen-bond donors (Lipinski definition) is 1. The molecule has 0 aliphatic carbocycles. The lowest BCUT2D eigenvalue weighted by molar-refractivity contribution is 0.102. The topological polar surface area (TPSA) is 38.7 Å². The maximum atomic E-state index is 10.3. The van der Waals surface area contributed by atoms with E-state index in [1.54, 1.807) is 0 Å². The highest BCUT2D eigenvalue weighted by molar-refractivity contribution is 5.49. The Balaban J connectivity index is 1.78. The Labute approximate surface area is 263 Å². The zero-order valence-corrected chi connectivity index (χ0v) is 29.3. The number of phenols is 1. The molecule has 3 rings (SSSR count). The van der Waals surface area contributed by atoms with Gasteiger partial charge in [0.25, 0.3) is 0 Å². The van der Waals surface area contributed by atoms with Crippen LogP contribution in [-0.2, 0) is 11.2 Å². The van der Waals surface area contributed by atoms with Crippen molar-refractivity contribution in [2.45, 2.75) is 145 Å². The van der Waals surface area contributed by atoms with Crippen LogP contribution in [0, 0.1) is 41.5 Å². The van der Waals surface area contributed by atoms with Gasteiger partial charge in [0.05, 0.1) is 0 Å². The van der Waals surface area contributed by atoms with Crippen molar-refractivity contribution < 1.29 is 14.6 Å². The largest absolute Gasteiger partial charge is 0.507 e. The first kappa shape index (κ1) is 34.5. The third-order valence-corrected chi connectivity index (χ3v) is 9.10. The number of unbranched alkanes of at least 4 members (excludes halogenated alkanes) is 5. The fourth-order valence-electron chi connectivity index (χ4n) is 6.22. The highest BCUT2D eigenvalue weighted by Crippen LogP contribution is 2.40. The molecule has 0 bridgehead atoms. The Hall–Kier alpha value is -2.94. The number of aromatic hydroxyl groups is 1. The normalized spacial score (nSPS) is 12.8. The van der Waals surface area contributed by atoms with E-state index in [0.29, 0.717) is 11.7 Å². The molecule has 0 saturated heterocycles. The van der Waals surface area contributed by atoms with E-state index >= 15 is 0 Å². The second-order valence-corrected chi connectivity index (χ2v) is 14.1. The summed E-state index contributed by atoms with van der Waals surface area (Å²) >= 11 is 0. The number of hydrogen-bond acceptors (Lipinski definition) is 3. The summed E-state index contributed by atoms with van der Waals surface area (Å²) in [6, 6.07) is 13.1. The maximum Gasteiger partial charge on any atom is 0.128 e. The predicted molar refractivity (Wildman–Crippen MR) is 183 cm³/mol. The summed E-state index contributed by atoms with van der Waals surface area (Å²) in [5, 5.41) is 10.3. The van der Waals surface area contributed by atoms with Gasteiger partial charge in [0.2, 0.25) is 0 Å². The minimum absolute atomic E-state index is 0.348. The van der Waals surface area contributed by atoms with Gasteiger partial charge in [-0.1, -0.05) is 64.5 Å². The van der Waals surface area contributed by atoms with Crippen LogP contribution in [0.3, 0.4) is 0 Å². The van der Waals surface area contributed by atoms with E-state index in [1.165, 1.54) is 61.6 Å². The van der Waals surface area contributed by atoms with Crippen molar-refractivity contribution in [1.82, 2.24) is 0 Å². The van der Waals surface area contributed by atoms with Crippen molar-refractivity contribution in [3.8, 4) is 17.2 Å². The van der Waals surface area contributed by atoms with Crippen molar-refractivity contribution in [2.24, 2.45) is 0 Å². The Morgan fingerprint density at radius 1 is 0.581 bits per heavy atom. The van der Waals surface area contributed by atoms with Crippen LogP contribution in [0.4, 0.5) is 0 Å². The molecule has 3 aromatic rings. The van der Waals surface area contributed by atoms with Gasteiger partial charge in [-0.2, -0.15) is 0 Å². The van der Waals surface area contributed by atoms with Crippen LogP contribution in [0.15, 0.2) is 36.4 Å². The van der Waals surface area contributed by atoms with Gasteiger partial charge in [-0.25, -0.2) is 0 Å². The van der Waals surface area contributed by atoms with Gasteiger partial charge in [-0.05, 0) is 156 Å². The Morgan fingerprint density at radius 3 is 1.40 bits per heavy atom. The van der Waals surface area contributed by atoms with E-state index < -0.39 is 11.2 Å². The molecular formula is C40H58O3. The van der Waals surface area contributed by atoms with E-state index in [0.717, 1.165) is 44.9 Å². The number of phenolic OH excluding ortho intramolecular Hbond substituents is 1. The molecule has 3 aromatic carbocycles. The molecule has 0 amide bonds. The maximum absolute atomic E-state index is 10.3. The molecule has 0 aromatic heterocycles. The van der Waals surface area contributed by atoms with E-state index in [2.05, 4.69) is 93.5 Å². The van der Waals surface area contributed by atoms with E-state index in [4.69, 9.17) is 9.47 Å². The van der Waals surface area contributed by atoms with Crippen LogP contribution < -0.4 is 9.47 Å². The molecule has 0 saturated carbocycles. The molecule has 0 aliphatic heterocycles. The first-order chi connectivity index (χ1) is 20.1. The summed E-state index contributed by atoms with van der Waals surface area (Å²) in [6.45, 7) is 25.6. The van der Waals surface area contributed by atoms with Crippen molar-refractivity contribution in [2.75, 3.05) is 0 Å². The lowest BCUT2D eigenvalue weighted by Crippen LogP contribution is -2.28. The Kier molecular flexibility index (Phi) is 11.4. The van der Waals surface area contributed by atoms with Gasteiger partial charge < -0.3 is 14.6 Å². The first-order valence-electron chi connectivity index (χ1n) is 16.5. The molecule has 1 atom stereocenters. The highest BCUT2D eigenvalue weighted by atomic mass is 16.5.